The van der Waals surface area contributed by atoms with Crippen molar-refractivity contribution in [3.63, 3.8) is 0 Å². The third kappa shape index (κ3) is 3.22. The van der Waals surface area contributed by atoms with Crippen LogP contribution in [0.15, 0.2) is 24.3 Å². The number of hydrogen-bond donors (Lipinski definition) is 2. The Morgan fingerprint density at radius 3 is 2.40 bits per heavy atom. The molecule has 0 bridgehead atoms. The zero-order chi connectivity index (χ0) is 9.97. The van der Waals surface area contributed by atoms with Crippen molar-refractivity contribution in [3.05, 3.63) is 29.8 Å². The van der Waals surface area contributed by atoms with Crippen LogP contribution in [-0.4, -0.2) is 5.91 Å². The molecule has 0 atom stereocenters. The van der Waals surface area contributed by atoms with Crippen LogP contribution in [0.1, 0.15) is 18.4 Å². The number of carbonyl (C=O) groups excluding carboxylic acids is 1. The van der Waals surface area contributed by atoms with Crippen LogP contribution in [0.2, 0.25) is 0 Å². The van der Waals surface area contributed by atoms with Crippen molar-refractivity contribution in [2.45, 2.75) is 19.4 Å². The molecule has 0 saturated heterocycles. The van der Waals surface area contributed by atoms with Crippen molar-refractivity contribution in [3.8, 4) is 0 Å². The molecule has 1 aliphatic carbocycles. The summed E-state index contributed by atoms with van der Waals surface area (Å²) in [6, 6.07) is 7.65. The van der Waals surface area contributed by atoms with E-state index in [9.17, 15) is 4.79 Å². The Hall–Kier alpha value is -1.06. The molecule has 0 radical (unpaired) electrons. The topological polar surface area (TPSA) is 55.1 Å². The second kappa shape index (κ2) is 5.14. The molecule has 1 amide bonds. The fourth-order valence-electron chi connectivity index (χ4n) is 1.31. The van der Waals surface area contributed by atoms with Gasteiger partial charge in [-0.2, -0.15) is 0 Å². The van der Waals surface area contributed by atoms with Gasteiger partial charge in [0.25, 0.3) is 0 Å². The smallest absolute Gasteiger partial charge is 0.227 e. The third-order valence-corrected chi connectivity index (χ3v) is 2.41. The second-order valence-electron chi connectivity index (χ2n) is 3.66. The highest BCUT2D eigenvalue weighted by molar-refractivity contribution is 5.93. The molecule has 3 nitrogen and oxygen atoms in total. The minimum Gasteiger partial charge on any atom is -0.326 e. The Balaban J connectivity index is 0.00000112. The predicted octanol–water partition coefficient (Wildman–Crippen LogP) is 1.92. The molecule has 82 valence electrons. The lowest BCUT2D eigenvalue weighted by Gasteiger charge is -2.04. The zero-order valence-electron chi connectivity index (χ0n) is 8.40. The van der Waals surface area contributed by atoms with Gasteiger partial charge in [0.1, 0.15) is 0 Å². The number of carbonyl (C=O) groups is 1. The lowest BCUT2D eigenvalue weighted by atomic mass is 10.2. The highest BCUT2D eigenvalue weighted by Gasteiger charge is 2.29. The lowest BCUT2D eigenvalue weighted by Crippen LogP contribution is -2.13. The van der Waals surface area contributed by atoms with Gasteiger partial charge in [-0.1, -0.05) is 12.1 Å². The first-order chi connectivity index (χ1) is 6.79. The van der Waals surface area contributed by atoms with Crippen LogP contribution in [0.25, 0.3) is 0 Å². The summed E-state index contributed by atoms with van der Waals surface area (Å²) in [5.41, 5.74) is 7.41. The lowest BCUT2D eigenvalue weighted by molar-refractivity contribution is -0.117. The molecular weight excluding hydrogens is 212 g/mol. The maximum absolute atomic E-state index is 11.4. The summed E-state index contributed by atoms with van der Waals surface area (Å²) in [6.07, 6.45) is 2.07. The Labute approximate surface area is 95.5 Å². The molecule has 1 saturated carbocycles. The summed E-state index contributed by atoms with van der Waals surface area (Å²) < 4.78 is 0. The standard InChI is InChI=1S/C11H14N2O.ClH/c12-7-8-1-5-10(6-2-8)13-11(14)9-3-4-9;/h1-2,5-6,9H,3-4,7,12H2,(H,13,14);1H. The molecule has 1 aromatic carbocycles. The van der Waals surface area contributed by atoms with Gasteiger partial charge in [0.05, 0.1) is 0 Å². The monoisotopic (exact) mass is 226 g/mol. The van der Waals surface area contributed by atoms with Crippen molar-refractivity contribution in [1.29, 1.82) is 0 Å². The van der Waals surface area contributed by atoms with Gasteiger partial charge in [0.2, 0.25) is 5.91 Å². The molecule has 3 N–H and O–H groups in total. The van der Waals surface area contributed by atoms with Gasteiger partial charge in [-0.05, 0) is 30.5 Å². The number of anilines is 1. The third-order valence-electron chi connectivity index (χ3n) is 2.41. The van der Waals surface area contributed by atoms with Crippen molar-refractivity contribution in [1.82, 2.24) is 0 Å². The van der Waals surface area contributed by atoms with Crippen LogP contribution < -0.4 is 11.1 Å². The number of amides is 1. The number of halogens is 1. The summed E-state index contributed by atoms with van der Waals surface area (Å²) in [6.45, 7) is 0.539. The van der Waals surface area contributed by atoms with E-state index in [-0.39, 0.29) is 24.2 Å². The largest absolute Gasteiger partial charge is 0.326 e. The fraction of sp³-hybridized carbons (Fsp3) is 0.364. The summed E-state index contributed by atoms with van der Waals surface area (Å²) in [5, 5.41) is 2.88. The second-order valence-corrected chi connectivity index (χ2v) is 3.66. The molecule has 1 aromatic rings. The van der Waals surface area contributed by atoms with Crippen molar-refractivity contribution < 1.29 is 4.79 Å². The molecule has 0 unspecified atom stereocenters. The molecule has 1 fully saturated rings. The average molecular weight is 227 g/mol. The van der Waals surface area contributed by atoms with Crippen LogP contribution in [-0.2, 0) is 11.3 Å². The molecule has 2 rings (SSSR count). The fourth-order valence-corrected chi connectivity index (χ4v) is 1.31. The number of hydrogen-bond acceptors (Lipinski definition) is 2. The van der Waals surface area contributed by atoms with Crippen LogP contribution in [0, 0.1) is 5.92 Å². The first-order valence-electron chi connectivity index (χ1n) is 4.89. The number of benzene rings is 1. The predicted molar refractivity (Wildman–Crippen MR) is 62.9 cm³/mol. The van der Waals surface area contributed by atoms with E-state index >= 15 is 0 Å². The SMILES string of the molecule is Cl.NCc1ccc(NC(=O)C2CC2)cc1. The average Bonchev–Trinajstić information content (AvgIpc) is 3.02. The van der Waals surface area contributed by atoms with Crippen LogP contribution in [0.4, 0.5) is 5.69 Å². The van der Waals surface area contributed by atoms with Gasteiger partial charge < -0.3 is 11.1 Å². The molecule has 0 spiro atoms. The molecule has 0 heterocycles. The van der Waals surface area contributed by atoms with Crippen LogP contribution in [0.3, 0.4) is 0 Å². The van der Waals surface area contributed by atoms with Crippen LogP contribution in [0.5, 0.6) is 0 Å². The molecular formula is C11H15ClN2O. The van der Waals surface area contributed by atoms with Gasteiger partial charge in [-0.3, -0.25) is 4.79 Å². The highest BCUT2D eigenvalue weighted by atomic mass is 35.5. The Morgan fingerprint density at radius 2 is 1.93 bits per heavy atom. The molecule has 0 aliphatic heterocycles. The minimum absolute atomic E-state index is 0. The Bertz CT molecular complexity index is 333. The molecule has 15 heavy (non-hydrogen) atoms. The summed E-state index contributed by atoms with van der Waals surface area (Å²) >= 11 is 0. The Kier molecular flexibility index (Phi) is 4.12. The quantitative estimate of drug-likeness (QED) is 0.828. The molecule has 4 heteroatoms. The van der Waals surface area contributed by atoms with E-state index in [0.29, 0.717) is 6.54 Å². The van der Waals surface area contributed by atoms with Gasteiger partial charge in [-0.15, -0.1) is 12.4 Å². The van der Waals surface area contributed by atoms with E-state index in [4.69, 9.17) is 5.73 Å². The van der Waals surface area contributed by atoms with Crippen molar-refractivity contribution in [2.24, 2.45) is 11.7 Å². The number of nitrogens with one attached hydrogen (secondary N) is 1. The van der Waals surface area contributed by atoms with E-state index in [1.54, 1.807) is 0 Å². The van der Waals surface area contributed by atoms with Gasteiger partial charge >= 0.3 is 0 Å². The first kappa shape index (κ1) is 12.0. The Morgan fingerprint density at radius 1 is 1.33 bits per heavy atom. The van der Waals surface area contributed by atoms with E-state index in [0.717, 1.165) is 24.1 Å². The zero-order valence-corrected chi connectivity index (χ0v) is 9.22. The van der Waals surface area contributed by atoms with Crippen molar-refractivity contribution in [2.75, 3.05) is 5.32 Å². The van der Waals surface area contributed by atoms with E-state index in [1.807, 2.05) is 24.3 Å². The van der Waals surface area contributed by atoms with Crippen molar-refractivity contribution >= 4 is 24.0 Å². The first-order valence-corrected chi connectivity index (χ1v) is 4.89. The van der Waals surface area contributed by atoms with Gasteiger partial charge in [0.15, 0.2) is 0 Å². The summed E-state index contributed by atoms with van der Waals surface area (Å²) in [5.74, 6) is 0.398. The van der Waals surface area contributed by atoms with Gasteiger partial charge in [0, 0.05) is 18.2 Å². The number of rotatable bonds is 3. The maximum Gasteiger partial charge on any atom is 0.227 e. The van der Waals surface area contributed by atoms with E-state index in [1.165, 1.54) is 0 Å². The summed E-state index contributed by atoms with van der Waals surface area (Å²) in [4.78, 5) is 11.4. The normalized spacial score (nSPS) is 14.2. The summed E-state index contributed by atoms with van der Waals surface area (Å²) in [7, 11) is 0. The molecule has 0 aromatic heterocycles. The van der Waals surface area contributed by atoms with Gasteiger partial charge in [-0.25, -0.2) is 0 Å². The highest BCUT2D eigenvalue weighted by Crippen LogP contribution is 2.30. The number of nitrogens with two attached hydrogens (primary N) is 1. The van der Waals surface area contributed by atoms with E-state index < -0.39 is 0 Å². The van der Waals surface area contributed by atoms with E-state index in [2.05, 4.69) is 5.32 Å². The molecule has 1 aliphatic rings. The van der Waals surface area contributed by atoms with Crippen LogP contribution >= 0.6 is 12.4 Å². The minimum atomic E-state index is 0. The maximum atomic E-state index is 11.4.